The van der Waals surface area contributed by atoms with Crippen molar-refractivity contribution in [1.82, 2.24) is 15.0 Å². The molecule has 0 aliphatic rings. The first kappa shape index (κ1) is 13.5. The Kier molecular flexibility index (Phi) is 3.75. The number of hydrogen-bond acceptors (Lipinski definition) is 5. The maximum absolute atomic E-state index is 10.4. The number of benzene rings is 1. The lowest BCUT2D eigenvalue weighted by Gasteiger charge is -2.12. The Bertz CT molecular complexity index is 761. The molecule has 0 saturated heterocycles. The number of hydrogen-bond donors (Lipinski definition) is 1. The highest BCUT2D eigenvalue weighted by atomic mass is 16.5. The minimum Gasteiger partial charge on any atom is -0.492 e. The van der Waals surface area contributed by atoms with Crippen LogP contribution < -0.4 is 4.74 Å². The van der Waals surface area contributed by atoms with Gasteiger partial charge in [-0.15, -0.1) is 0 Å². The molecule has 0 aliphatic carbocycles. The normalized spacial score (nSPS) is 12.3. The fraction of sp³-hybridized carbons (Fsp3) is 0.188. The Labute approximate surface area is 122 Å². The van der Waals surface area contributed by atoms with Crippen molar-refractivity contribution in [2.75, 3.05) is 6.61 Å². The first-order valence-corrected chi connectivity index (χ1v) is 6.75. The summed E-state index contributed by atoms with van der Waals surface area (Å²) in [6.45, 7) is 2.45. The first-order chi connectivity index (χ1) is 10.3. The largest absolute Gasteiger partial charge is 0.492 e. The Hall–Kier alpha value is -2.53. The third kappa shape index (κ3) is 2.83. The van der Waals surface area contributed by atoms with Crippen molar-refractivity contribution in [2.24, 2.45) is 0 Å². The van der Waals surface area contributed by atoms with E-state index in [1.165, 1.54) is 0 Å². The number of aliphatic hydroxyl groups excluding tert-OH is 1. The van der Waals surface area contributed by atoms with Gasteiger partial charge in [0.05, 0.1) is 35.7 Å². The summed E-state index contributed by atoms with van der Waals surface area (Å²) in [6, 6.07) is 9.31. The van der Waals surface area contributed by atoms with E-state index in [0.717, 1.165) is 11.0 Å². The zero-order chi connectivity index (χ0) is 14.7. The molecule has 1 atom stereocenters. The molecule has 0 radical (unpaired) electrons. The second-order valence-electron chi connectivity index (χ2n) is 4.57. The standard InChI is InChI=1S/C16H15N3O2/c1-2-21-12-7-11(8-17-9-12)16(20)15-10-18-13-5-3-4-6-14(13)19-15/h3-10,16,20H,2H2,1H3. The monoisotopic (exact) mass is 281 g/mol. The van der Waals surface area contributed by atoms with E-state index in [-0.39, 0.29) is 0 Å². The summed E-state index contributed by atoms with van der Waals surface area (Å²) in [5.41, 5.74) is 2.67. The zero-order valence-corrected chi connectivity index (χ0v) is 11.6. The van der Waals surface area contributed by atoms with Crippen LogP contribution in [0.4, 0.5) is 0 Å². The summed E-state index contributed by atoms with van der Waals surface area (Å²) in [4.78, 5) is 12.8. The van der Waals surface area contributed by atoms with Crippen molar-refractivity contribution in [2.45, 2.75) is 13.0 Å². The lowest BCUT2D eigenvalue weighted by molar-refractivity contribution is 0.214. The summed E-state index contributed by atoms with van der Waals surface area (Å²) >= 11 is 0. The van der Waals surface area contributed by atoms with Crippen LogP contribution in [0.25, 0.3) is 11.0 Å². The summed E-state index contributed by atoms with van der Waals surface area (Å²) < 4.78 is 5.39. The highest BCUT2D eigenvalue weighted by Crippen LogP contribution is 2.23. The molecule has 5 nitrogen and oxygen atoms in total. The number of aromatic nitrogens is 3. The van der Waals surface area contributed by atoms with Gasteiger partial charge in [-0.2, -0.15) is 0 Å². The summed E-state index contributed by atoms with van der Waals surface area (Å²) in [5.74, 6) is 0.628. The fourth-order valence-electron chi connectivity index (χ4n) is 2.10. The van der Waals surface area contributed by atoms with E-state index >= 15 is 0 Å². The second kappa shape index (κ2) is 5.85. The van der Waals surface area contributed by atoms with E-state index in [1.807, 2.05) is 31.2 Å². The average Bonchev–Trinajstić information content (AvgIpc) is 2.54. The summed E-state index contributed by atoms with van der Waals surface area (Å²) in [5, 5.41) is 10.4. The van der Waals surface area contributed by atoms with Gasteiger partial charge in [0.25, 0.3) is 0 Å². The fourth-order valence-corrected chi connectivity index (χ4v) is 2.10. The van der Waals surface area contributed by atoms with Crippen LogP contribution in [-0.4, -0.2) is 26.7 Å². The Morgan fingerprint density at radius 2 is 1.95 bits per heavy atom. The molecule has 3 rings (SSSR count). The maximum atomic E-state index is 10.4. The lowest BCUT2D eigenvalue weighted by atomic mass is 10.1. The van der Waals surface area contributed by atoms with E-state index in [0.29, 0.717) is 23.6 Å². The molecule has 0 aliphatic heterocycles. The van der Waals surface area contributed by atoms with Gasteiger partial charge >= 0.3 is 0 Å². The number of ether oxygens (including phenoxy) is 1. The highest BCUT2D eigenvalue weighted by Gasteiger charge is 2.14. The second-order valence-corrected chi connectivity index (χ2v) is 4.57. The van der Waals surface area contributed by atoms with Crippen LogP contribution in [-0.2, 0) is 0 Å². The smallest absolute Gasteiger partial charge is 0.137 e. The quantitative estimate of drug-likeness (QED) is 0.795. The van der Waals surface area contributed by atoms with Crippen LogP contribution in [0.3, 0.4) is 0 Å². The van der Waals surface area contributed by atoms with Crippen molar-refractivity contribution in [3.8, 4) is 5.75 Å². The van der Waals surface area contributed by atoms with E-state index in [2.05, 4.69) is 15.0 Å². The zero-order valence-electron chi connectivity index (χ0n) is 11.6. The predicted octanol–water partition coefficient (Wildman–Crippen LogP) is 2.51. The SMILES string of the molecule is CCOc1cncc(C(O)c2cnc3ccccc3n2)c1. The van der Waals surface area contributed by atoms with Crippen molar-refractivity contribution in [3.63, 3.8) is 0 Å². The topological polar surface area (TPSA) is 68.1 Å². The molecule has 21 heavy (non-hydrogen) atoms. The third-order valence-corrected chi connectivity index (χ3v) is 3.11. The number of rotatable bonds is 4. The molecule has 0 bridgehead atoms. The van der Waals surface area contributed by atoms with E-state index in [1.54, 1.807) is 24.7 Å². The van der Waals surface area contributed by atoms with Crippen LogP contribution in [0.5, 0.6) is 5.75 Å². The Balaban J connectivity index is 1.95. The third-order valence-electron chi connectivity index (χ3n) is 3.11. The van der Waals surface area contributed by atoms with Gasteiger partial charge in [0.1, 0.15) is 11.9 Å². The molecule has 0 saturated carbocycles. The molecule has 2 aromatic heterocycles. The molecule has 0 fully saturated rings. The van der Waals surface area contributed by atoms with E-state index in [9.17, 15) is 5.11 Å². The van der Waals surface area contributed by atoms with Gasteiger partial charge in [0, 0.05) is 11.8 Å². The average molecular weight is 281 g/mol. The van der Waals surface area contributed by atoms with E-state index in [4.69, 9.17) is 4.74 Å². The van der Waals surface area contributed by atoms with E-state index < -0.39 is 6.10 Å². The molecule has 1 unspecified atom stereocenters. The maximum Gasteiger partial charge on any atom is 0.137 e. The minimum absolute atomic E-state index is 0.490. The van der Waals surface area contributed by atoms with Gasteiger partial charge in [0.2, 0.25) is 0 Å². The van der Waals surface area contributed by atoms with Crippen LogP contribution >= 0.6 is 0 Å². The Morgan fingerprint density at radius 1 is 1.14 bits per heavy atom. The van der Waals surface area contributed by atoms with Crippen LogP contribution in [0.15, 0.2) is 48.9 Å². The van der Waals surface area contributed by atoms with Gasteiger partial charge in [-0.3, -0.25) is 9.97 Å². The molecule has 5 heteroatoms. The molecule has 106 valence electrons. The van der Waals surface area contributed by atoms with Crippen molar-refractivity contribution in [1.29, 1.82) is 0 Å². The molecular formula is C16H15N3O2. The minimum atomic E-state index is -0.880. The van der Waals surface area contributed by atoms with Crippen molar-refractivity contribution < 1.29 is 9.84 Å². The molecule has 1 N–H and O–H groups in total. The highest BCUT2D eigenvalue weighted by molar-refractivity contribution is 5.73. The number of pyridine rings is 1. The van der Waals surface area contributed by atoms with Crippen LogP contribution in [0.1, 0.15) is 24.3 Å². The van der Waals surface area contributed by atoms with Crippen molar-refractivity contribution >= 4 is 11.0 Å². The number of aliphatic hydroxyl groups is 1. The predicted molar refractivity (Wildman–Crippen MR) is 79.0 cm³/mol. The molecule has 0 amide bonds. The molecular weight excluding hydrogens is 266 g/mol. The van der Waals surface area contributed by atoms with Crippen LogP contribution in [0, 0.1) is 0 Å². The molecule has 0 spiro atoms. The summed E-state index contributed by atoms with van der Waals surface area (Å²) in [6.07, 6.45) is 3.92. The number of nitrogens with zero attached hydrogens (tertiary/aromatic N) is 3. The first-order valence-electron chi connectivity index (χ1n) is 6.75. The lowest BCUT2D eigenvalue weighted by Crippen LogP contribution is -2.04. The molecule has 3 aromatic rings. The molecule has 1 aromatic carbocycles. The summed E-state index contributed by atoms with van der Waals surface area (Å²) in [7, 11) is 0. The van der Waals surface area contributed by atoms with Crippen LogP contribution in [0.2, 0.25) is 0 Å². The Morgan fingerprint density at radius 3 is 2.76 bits per heavy atom. The number of para-hydroxylation sites is 2. The molecule has 2 heterocycles. The van der Waals surface area contributed by atoms with Crippen molar-refractivity contribution in [3.05, 3.63) is 60.2 Å². The van der Waals surface area contributed by atoms with Gasteiger partial charge in [-0.05, 0) is 25.1 Å². The van der Waals surface area contributed by atoms with Gasteiger partial charge in [-0.25, -0.2) is 4.98 Å². The van der Waals surface area contributed by atoms with Gasteiger partial charge in [-0.1, -0.05) is 12.1 Å². The van der Waals surface area contributed by atoms with Gasteiger partial charge in [0.15, 0.2) is 0 Å². The van der Waals surface area contributed by atoms with Gasteiger partial charge < -0.3 is 9.84 Å². The number of fused-ring (bicyclic) bond motifs is 1.